The van der Waals surface area contributed by atoms with Crippen molar-refractivity contribution in [2.24, 2.45) is 0 Å². The Morgan fingerprint density at radius 3 is 0.812 bits per heavy atom. The third-order valence-electron chi connectivity index (χ3n) is 0.500. The fraction of sp³-hybridized carbons (Fsp3) is 1.00. The molecule has 0 heterocycles. The molecule has 0 aliphatic heterocycles. The molecule has 4 N–H and O–H groups in total. The van der Waals surface area contributed by atoms with Crippen LogP contribution in [-0.2, 0) is 20.8 Å². The fourth-order valence-corrected chi connectivity index (χ4v) is 0. The summed E-state index contributed by atoms with van der Waals surface area (Å²) < 4.78 is 63.2. The van der Waals surface area contributed by atoms with Gasteiger partial charge in [0.15, 0.2) is 0 Å². The van der Waals surface area contributed by atoms with Gasteiger partial charge in [0, 0.05) is 0 Å². The van der Waals surface area contributed by atoms with Crippen LogP contribution in [0.1, 0.15) is 29.5 Å². The van der Waals surface area contributed by atoms with Crippen molar-refractivity contribution in [2.75, 3.05) is 0 Å². The van der Waals surface area contributed by atoms with Crippen molar-refractivity contribution in [3.8, 4) is 0 Å². The van der Waals surface area contributed by atoms with Crippen molar-refractivity contribution in [3.05, 3.63) is 0 Å². The second kappa shape index (κ2) is 16.7. The molecule has 0 saturated heterocycles. The molecule has 0 fully saturated rings. The SMILES string of the molecule is CCCC.O=S(=O)(O)O.O=S(=O)(O)O.[H-].[H-].[Na+].[Na+]. The van der Waals surface area contributed by atoms with Gasteiger partial charge >= 0.3 is 79.9 Å². The van der Waals surface area contributed by atoms with Gasteiger partial charge in [0.25, 0.3) is 0 Å². The first-order chi connectivity index (χ1) is 5.91. The van der Waals surface area contributed by atoms with Crippen LogP contribution in [0.25, 0.3) is 0 Å². The van der Waals surface area contributed by atoms with E-state index in [0.717, 1.165) is 0 Å². The summed E-state index contributed by atoms with van der Waals surface area (Å²) in [4.78, 5) is 0. The average Bonchev–Trinajstić information content (AvgIpc) is 1.79. The van der Waals surface area contributed by atoms with Crippen LogP contribution in [0, 0.1) is 0 Å². The first kappa shape index (κ1) is 30.6. The predicted octanol–water partition coefficient (Wildman–Crippen LogP) is -5.27. The molecule has 0 atom stereocenters. The molecule has 0 aliphatic carbocycles. The maximum absolute atomic E-state index is 8.74. The van der Waals surface area contributed by atoms with Crippen LogP contribution in [0.15, 0.2) is 0 Å². The number of hydrogen-bond acceptors (Lipinski definition) is 4. The van der Waals surface area contributed by atoms with Crippen molar-refractivity contribution in [3.63, 3.8) is 0 Å². The van der Waals surface area contributed by atoms with Gasteiger partial charge in [-0.3, -0.25) is 18.2 Å². The summed E-state index contributed by atoms with van der Waals surface area (Å²) in [6, 6.07) is 0. The molecule has 8 nitrogen and oxygen atoms in total. The maximum Gasteiger partial charge on any atom is 1.00 e. The van der Waals surface area contributed by atoms with E-state index in [1.54, 1.807) is 0 Å². The molecule has 0 aliphatic rings. The van der Waals surface area contributed by atoms with E-state index in [-0.39, 0.29) is 62.0 Å². The van der Waals surface area contributed by atoms with Gasteiger partial charge < -0.3 is 2.85 Å². The van der Waals surface area contributed by atoms with Gasteiger partial charge in [-0.2, -0.15) is 16.8 Å². The van der Waals surface area contributed by atoms with Crippen molar-refractivity contribution in [1.82, 2.24) is 0 Å². The predicted molar refractivity (Wildman–Crippen MR) is 51.2 cm³/mol. The van der Waals surface area contributed by atoms with Gasteiger partial charge in [-0.15, -0.1) is 0 Å². The third kappa shape index (κ3) is 456. The maximum atomic E-state index is 8.74. The molecule has 0 saturated carbocycles. The van der Waals surface area contributed by atoms with E-state index in [1.807, 2.05) is 0 Å². The minimum atomic E-state index is -4.67. The van der Waals surface area contributed by atoms with Gasteiger partial charge in [-0.25, -0.2) is 0 Å². The normalized spacial score (nSPS) is 9.12. The Morgan fingerprint density at radius 1 is 0.750 bits per heavy atom. The Morgan fingerprint density at radius 2 is 0.812 bits per heavy atom. The van der Waals surface area contributed by atoms with Crippen LogP contribution in [0.2, 0.25) is 0 Å². The molecule has 0 aromatic carbocycles. The van der Waals surface area contributed by atoms with Gasteiger partial charge in [0.2, 0.25) is 0 Å². The van der Waals surface area contributed by atoms with Crippen molar-refractivity contribution in [2.45, 2.75) is 26.7 Å². The average molecular weight is 302 g/mol. The molecule has 0 rings (SSSR count). The largest absolute Gasteiger partial charge is 1.00 e. The fourth-order valence-electron chi connectivity index (χ4n) is 0. The molecule has 94 valence electrons. The van der Waals surface area contributed by atoms with Crippen molar-refractivity contribution in [1.29, 1.82) is 0 Å². The zero-order valence-corrected chi connectivity index (χ0v) is 15.3. The van der Waals surface area contributed by atoms with Crippen LogP contribution in [0.4, 0.5) is 0 Å². The number of hydrogen-bond donors (Lipinski definition) is 4. The Balaban J connectivity index is -0.0000000183. The minimum absolute atomic E-state index is 0. The Hall–Kier alpha value is 1.74. The van der Waals surface area contributed by atoms with E-state index in [0.29, 0.717) is 0 Å². The minimum Gasteiger partial charge on any atom is -1.00 e. The van der Waals surface area contributed by atoms with E-state index in [9.17, 15) is 0 Å². The van der Waals surface area contributed by atoms with E-state index >= 15 is 0 Å². The summed E-state index contributed by atoms with van der Waals surface area (Å²) >= 11 is 0. The van der Waals surface area contributed by atoms with Gasteiger partial charge in [0.05, 0.1) is 0 Å². The van der Waals surface area contributed by atoms with Gasteiger partial charge in [-0.1, -0.05) is 26.7 Å². The molecule has 12 heteroatoms. The van der Waals surface area contributed by atoms with Gasteiger partial charge in [0.1, 0.15) is 0 Å². The zero-order valence-electron chi connectivity index (χ0n) is 11.7. The third-order valence-corrected chi connectivity index (χ3v) is 0.500. The first-order valence-corrected chi connectivity index (χ1v) is 6.11. The molecule has 16 heavy (non-hydrogen) atoms. The smallest absolute Gasteiger partial charge is 1.00 e. The van der Waals surface area contributed by atoms with Crippen molar-refractivity contribution < 1.29 is 97.0 Å². The summed E-state index contributed by atoms with van der Waals surface area (Å²) in [5.74, 6) is 0. The summed E-state index contributed by atoms with van der Waals surface area (Å²) in [6.45, 7) is 4.36. The molecular weight excluding hydrogens is 286 g/mol. The van der Waals surface area contributed by atoms with E-state index in [4.69, 9.17) is 35.0 Å². The standard InChI is InChI=1S/C4H10.2Na.2H2O4S.2H/c1-3-4-2;;;2*1-5(2,3)4;;/h3-4H2,1-2H3;;;2*(H2,1,2,3,4);;/q;2*+1;;;2*-1. The second-order valence-corrected chi connectivity index (χ2v) is 3.69. The van der Waals surface area contributed by atoms with Crippen molar-refractivity contribution >= 4 is 20.8 Å². The first-order valence-electron chi connectivity index (χ1n) is 3.31. The molecule has 0 radical (unpaired) electrons. The number of rotatable bonds is 1. The van der Waals surface area contributed by atoms with Crippen LogP contribution >= 0.6 is 0 Å². The monoisotopic (exact) mass is 302 g/mol. The van der Waals surface area contributed by atoms with E-state index < -0.39 is 20.8 Å². The molecule has 0 amide bonds. The second-order valence-electron chi connectivity index (χ2n) is 1.90. The Kier molecular flexibility index (Phi) is 32.0. The molecule has 0 aromatic heterocycles. The number of unbranched alkanes of at least 4 members (excludes halogenated alkanes) is 1. The van der Waals surface area contributed by atoms with Crippen LogP contribution in [-0.4, -0.2) is 35.0 Å². The summed E-state index contributed by atoms with van der Waals surface area (Å²) in [5, 5.41) is 0. The van der Waals surface area contributed by atoms with Crippen LogP contribution in [0.3, 0.4) is 0 Å². The molecule has 0 spiro atoms. The molecule has 0 bridgehead atoms. The van der Waals surface area contributed by atoms with E-state index in [1.165, 1.54) is 12.8 Å². The summed E-state index contributed by atoms with van der Waals surface area (Å²) in [5.41, 5.74) is 0. The van der Waals surface area contributed by atoms with Crippen LogP contribution in [0.5, 0.6) is 0 Å². The topological polar surface area (TPSA) is 149 Å². The molecule has 0 unspecified atom stereocenters. The molecule has 0 aromatic rings. The zero-order chi connectivity index (χ0) is 12.4. The Labute approximate surface area is 143 Å². The quantitative estimate of drug-likeness (QED) is 0.277. The molecular formula is C4H16Na2O8S2. The summed E-state index contributed by atoms with van der Waals surface area (Å²) in [7, 11) is -9.33. The van der Waals surface area contributed by atoms with Gasteiger partial charge in [-0.05, 0) is 0 Å². The van der Waals surface area contributed by atoms with Crippen LogP contribution < -0.4 is 59.1 Å². The Bertz CT molecular complexity index is 257. The summed E-state index contributed by atoms with van der Waals surface area (Å²) in [6.07, 6.45) is 2.64. The van der Waals surface area contributed by atoms with E-state index in [2.05, 4.69) is 13.8 Å².